The monoisotopic (exact) mass is 764 g/mol. The average Bonchev–Trinajstić information content (AvgIpc) is 3.66. The van der Waals surface area contributed by atoms with Gasteiger partial charge in [-0.05, 0) is 113 Å². The second-order valence-corrected chi connectivity index (χ2v) is 18.7. The van der Waals surface area contributed by atoms with Crippen LogP contribution in [0.1, 0.15) is 112 Å². The number of fused-ring (bicyclic) bond motifs is 5. The molecule has 0 aromatic heterocycles. The zero-order chi connectivity index (χ0) is 38.3. The van der Waals surface area contributed by atoms with Crippen molar-refractivity contribution in [2.24, 2.45) is 34.5 Å². The summed E-state index contributed by atoms with van der Waals surface area (Å²) in [6.07, 6.45) is 1.90. The molecule has 8 rings (SSSR count). The van der Waals surface area contributed by atoms with Crippen LogP contribution in [0, 0.1) is 34.5 Å². The molecule has 8 aliphatic rings. The molecule has 0 spiro atoms. The number of rotatable bonds is 7. The summed E-state index contributed by atoms with van der Waals surface area (Å²) in [5.74, 6) is 1.13. The zero-order valence-electron chi connectivity index (χ0n) is 32.6. The predicted molar refractivity (Wildman–Crippen MR) is 191 cm³/mol. The summed E-state index contributed by atoms with van der Waals surface area (Å²) in [5, 5.41) is 55.0. The van der Waals surface area contributed by atoms with Gasteiger partial charge in [0.25, 0.3) is 0 Å². The van der Waals surface area contributed by atoms with E-state index in [4.69, 9.17) is 33.2 Å². The van der Waals surface area contributed by atoms with Crippen LogP contribution in [-0.2, 0) is 38.0 Å². The van der Waals surface area contributed by atoms with Gasteiger partial charge in [-0.25, -0.2) is 4.79 Å². The fraction of sp³-hybridized carbons (Fsp3) is 0.927. The maximum atomic E-state index is 12.6. The third-order valence-electron chi connectivity index (χ3n) is 15.9. The highest BCUT2D eigenvalue weighted by Gasteiger charge is 2.68. The van der Waals surface area contributed by atoms with E-state index in [0.717, 1.165) is 63.4 Å². The summed E-state index contributed by atoms with van der Waals surface area (Å²) in [4.78, 5) is 11.9. The Morgan fingerprint density at radius 2 is 1.30 bits per heavy atom. The van der Waals surface area contributed by atoms with E-state index in [-0.39, 0.29) is 54.0 Å². The van der Waals surface area contributed by atoms with Crippen molar-refractivity contribution in [3.63, 3.8) is 0 Å². The highest BCUT2D eigenvalue weighted by Crippen LogP contribution is 2.70. The Labute approximate surface area is 319 Å². The van der Waals surface area contributed by atoms with E-state index < -0.39 is 79.4 Å². The molecule has 4 aliphatic heterocycles. The molecule has 3 saturated heterocycles. The van der Waals surface area contributed by atoms with Gasteiger partial charge in [0, 0.05) is 30.8 Å². The Hall–Kier alpha value is -1.23. The third-order valence-corrected chi connectivity index (χ3v) is 15.9. The minimum atomic E-state index is -0.996. The van der Waals surface area contributed by atoms with E-state index >= 15 is 0 Å². The first-order valence-corrected chi connectivity index (χ1v) is 20.8. The van der Waals surface area contributed by atoms with Crippen molar-refractivity contribution in [1.82, 2.24) is 0 Å². The molecule has 13 heteroatoms. The lowest BCUT2D eigenvalue weighted by Crippen LogP contribution is -2.62. The number of esters is 1. The van der Waals surface area contributed by atoms with Crippen molar-refractivity contribution in [2.75, 3.05) is 6.61 Å². The van der Waals surface area contributed by atoms with Crippen LogP contribution in [0.25, 0.3) is 0 Å². The van der Waals surface area contributed by atoms with Crippen LogP contribution in [0.3, 0.4) is 0 Å². The summed E-state index contributed by atoms with van der Waals surface area (Å²) in [7, 11) is 0. The molecule has 5 N–H and O–H groups in total. The fourth-order valence-corrected chi connectivity index (χ4v) is 12.8. The van der Waals surface area contributed by atoms with Gasteiger partial charge in [0.1, 0.15) is 24.9 Å². The predicted octanol–water partition coefficient (Wildman–Crippen LogP) is 3.25. The Kier molecular flexibility index (Phi) is 10.9. The van der Waals surface area contributed by atoms with Gasteiger partial charge in [0.15, 0.2) is 18.9 Å². The first-order valence-electron chi connectivity index (χ1n) is 20.8. The molecule has 13 nitrogen and oxygen atoms in total. The highest BCUT2D eigenvalue weighted by molar-refractivity contribution is 5.85. The summed E-state index contributed by atoms with van der Waals surface area (Å²) < 4.78 is 42.2. The van der Waals surface area contributed by atoms with Gasteiger partial charge in [-0.2, -0.15) is 0 Å². The van der Waals surface area contributed by atoms with E-state index in [1.165, 1.54) is 0 Å². The quantitative estimate of drug-likeness (QED) is 0.188. The molecule has 7 fully saturated rings. The minimum Gasteiger partial charge on any atom is -0.458 e. The Bertz CT molecular complexity index is 1370. The molecule has 0 aromatic carbocycles. The van der Waals surface area contributed by atoms with Crippen molar-refractivity contribution in [3.8, 4) is 0 Å². The van der Waals surface area contributed by atoms with Gasteiger partial charge < -0.3 is 58.7 Å². The third kappa shape index (κ3) is 6.82. The first-order chi connectivity index (χ1) is 25.6. The zero-order valence-corrected chi connectivity index (χ0v) is 32.6. The van der Waals surface area contributed by atoms with Crippen molar-refractivity contribution >= 4 is 5.97 Å². The number of aliphatic hydroxyl groups is 5. The first kappa shape index (κ1) is 39.6. The Morgan fingerprint density at radius 1 is 0.685 bits per heavy atom. The summed E-state index contributed by atoms with van der Waals surface area (Å²) in [6, 6.07) is 0. The van der Waals surface area contributed by atoms with E-state index in [0.29, 0.717) is 18.4 Å². The second kappa shape index (κ2) is 14.9. The number of carbonyl (C=O) groups is 1. The molecule has 4 aliphatic carbocycles. The smallest absolute Gasteiger partial charge is 0.331 e. The molecule has 20 atom stereocenters. The number of carbonyl (C=O) groups excluding carboxylic acids is 1. The lowest BCUT2D eigenvalue weighted by Gasteiger charge is -2.64. The molecular weight excluding hydrogens is 700 g/mol. The molecule has 0 aromatic rings. The maximum Gasteiger partial charge on any atom is 0.331 e. The van der Waals surface area contributed by atoms with Crippen LogP contribution in [0.5, 0.6) is 0 Å². The number of hydrogen-bond donors (Lipinski definition) is 5. The van der Waals surface area contributed by atoms with E-state index in [1.54, 1.807) is 19.9 Å². The van der Waals surface area contributed by atoms with Crippen LogP contribution in [0.4, 0.5) is 0 Å². The molecule has 0 radical (unpaired) electrons. The Morgan fingerprint density at radius 3 is 1.89 bits per heavy atom. The van der Waals surface area contributed by atoms with Gasteiger partial charge in [-0.3, -0.25) is 0 Å². The molecule has 4 heterocycles. The van der Waals surface area contributed by atoms with Crippen LogP contribution >= 0.6 is 0 Å². The van der Waals surface area contributed by atoms with E-state index in [2.05, 4.69) is 13.8 Å². The van der Waals surface area contributed by atoms with E-state index in [9.17, 15) is 30.3 Å². The largest absolute Gasteiger partial charge is 0.458 e. The molecule has 306 valence electrons. The molecular formula is C41H64O13. The minimum absolute atomic E-state index is 0.0243. The van der Waals surface area contributed by atoms with Crippen molar-refractivity contribution in [2.45, 2.75) is 197 Å². The second-order valence-electron chi connectivity index (χ2n) is 18.7. The molecule has 0 bridgehead atoms. The normalized spacial score (nSPS) is 55.0. The number of hydrogen-bond acceptors (Lipinski definition) is 13. The van der Waals surface area contributed by atoms with Crippen LogP contribution in [0.15, 0.2) is 11.6 Å². The molecule has 54 heavy (non-hydrogen) atoms. The summed E-state index contributed by atoms with van der Waals surface area (Å²) >= 11 is 0. The van der Waals surface area contributed by atoms with Gasteiger partial charge in [0.05, 0.1) is 48.3 Å². The molecule has 4 saturated carbocycles. The Balaban J connectivity index is 0.826. The van der Waals surface area contributed by atoms with Crippen molar-refractivity contribution in [3.05, 3.63) is 11.6 Å². The van der Waals surface area contributed by atoms with Gasteiger partial charge in [-0.15, -0.1) is 0 Å². The highest BCUT2D eigenvalue weighted by atomic mass is 16.7. The lowest BCUT2D eigenvalue weighted by molar-refractivity contribution is -0.336. The fourth-order valence-electron chi connectivity index (χ4n) is 12.8. The topological polar surface area (TPSA) is 183 Å². The number of aliphatic hydroxyl groups excluding tert-OH is 4. The summed E-state index contributed by atoms with van der Waals surface area (Å²) in [6.45, 7) is 10.4. The molecule has 0 amide bonds. The van der Waals surface area contributed by atoms with Gasteiger partial charge in [-0.1, -0.05) is 13.8 Å². The molecule has 12 unspecified atom stereocenters. The van der Waals surface area contributed by atoms with Crippen molar-refractivity contribution in [1.29, 1.82) is 0 Å². The van der Waals surface area contributed by atoms with Crippen LogP contribution in [-0.4, -0.2) is 124 Å². The number of ether oxygens (including phenoxy) is 7. The van der Waals surface area contributed by atoms with E-state index in [1.807, 2.05) is 6.92 Å². The van der Waals surface area contributed by atoms with Gasteiger partial charge >= 0.3 is 5.97 Å². The standard InChI is InChI=1S/C41H64O13/c1-20-36(46)29(42)16-34(49-20)53-38-22(3)51-35(18-31(38)44)54-37-21(2)50-33(17-30(37)43)52-25-8-11-39(4)24(15-25)6-7-28-27(39)9-12-40(5)26(10-13-41(28,40)47)23-14-32(45)48-19-23/h14,20-22,24-31,33-38,42-44,46-47H,6-13,15-19H2,1-5H3/t20?,21?,22?,24-,25+,26-,27+,28-,29?,30?,31?,33?,34?,35?,36?,37?,38?,39+,40-,41-/m1/s1. The van der Waals surface area contributed by atoms with Gasteiger partial charge in [0.2, 0.25) is 0 Å². The van der Waals surface area contributed by atoms with Crippen LogP contribution < -0.4 is 0 Å². The average molecular weight is 765 g/mol. The summed E-state index contributed by atoms with van der Waals surface area (Å²) in [5.41, 5.74) is 0.215. The lowest BCUT2D eigenvalue weighted by atomic mass is 9.43. The van der Waals surface area contributed by atoms with Crippen LogP contribution in [0.2, 0.25) is 0 Å². The van der Waals surface area contributed by atoms with Crippen molar-refractivity contribution < 1.29 is 63.5 Å². The maximum absolute atomic E-state index is 12.6. The SMILES string of the molecule is CC1OC(OC2C(O)CC(OC3C(O)CC(O[C@H]4CC[C@@]5(C)[C@H](CC[C@@H]6[C@@H]5CC[C@]5(C)[C@@H](C7=CC(=O)OC7)CC[C@@]65O)C4)OC3C)OC2C)CC(O)C1O. The number of cyclic esters (lactones) is 1.